The second-order valence-corrected chi connectivity index (χ2v) is 4.52. The van der Waals surface area contributed by atoms with Crippen LogP contribution in [0.3, 0.4) is 0 Å². The van der Waals surface area contributed by atoms with Gasteiger partial charge in [0.25, 0.3) is 0 Å². The molecule has 0 bridgehead atoms. The zero-order valence-corrected chi connectivity index (χ0v) is 11.5. The van der Waals surface area contributed by atoms with E-state index in [-0.39, 0.29) is 12.0 Å². The molecule has 5 heteroatoms. The molecule has 0 atom stereocenters. The van der Waals surface area contributed by atoms with Crippen LogP contribution in [0, 0.1) is 0 Å². The highest BCUT2D eigenvalue weighted by Crippen LogP contribution is 2.08. The number of carbonyl (C=O) groups excluding carboxylic acids is 2. The van der Waals surface area contributed by atoms with Gasteiger partial charge in [0.2, 0.25) is 5.91 Å². The predicted octanol–water partition coefficient (Wildman–Crippen LogP) is 1.87. The lowest BCUT2D eigenvalue weighted by Gasteiger charge is -2.21. The van der Waals surface area contributed by atoms with Crippen molar-refractivity contribution in [1.82, 2.24) is 9.80 Å². The van der Waals surface area contributed by atoms with Crippen LogP contribution in [0.15, 0.2) is 0 Å². The highest BCUT2D eigenvalue weighted by Gasteiger charge is 2.22. The van der Waals surface area contributed by atoms with Gasteiger partial charge in [0, 0.05) is 32.6 Å². The number of ether oxygens (including phenoxy) is 1. The van der Waals surface area contributed by atoms with E-state index >= 15 is 0 Å². The summed E-state index contributed by atoms with van der Waals surface area (Å²) < 4.78 is 4.98. The highest BCUT2D eigenvalue weighted by molar-refractivity contribution is 5.76. The summed E-state index contributed by atoms with van der Waals surface area (Å²) in [5.74, 6) is 0.211. The molecule has 2 amide bonds. The molecule has 0 saturated carbocycles. The molecule has 104 valence electrons. The first-order valence-corrected chi connectivity index (χ1v) is 6.88. The van der Waals surface area contributed by atoms with Crippen molar-refractivity contribution in [2.75, 3.05) is 32.8 Å². The zero-order valence-electron chi connectivity index (χ0n) is 11.5. The van der Waals surface area contributed by atoms with Crippen LogP contribution in [-0.4, -0.2) is 54.6 Å². The molecule has 0 N–H and O–H groups in total. The molecule has 0 spiro atoms. The third-order valence-electron chi connectivity index (χ3n) is 3.12. The van der Waals surface area contributed by atoms with Gasteiger partial charge in [-0.3, -0.25) is 4.79 Å². The molecule has 1 fully saturated rings. The molecule has 1 rings (SSSR count). The summed E-state index contributed by atoms with van der Waals surface area (Å²) in [6.45, 7) is 6.91. The second-order valence-electron chi connectivity index (χ2n) is 4.52. The van der Waals surface area contributed by atoms with Crippen molar-refractivity contribution in [1.29, 1.82) is 0 Å². The SMILES string of the molecule is CCCCC(=O)N1CCCN(C(=O)OCC)CC1. The Morgan fingerprint density at radius 1 is 1.06 bits per heavy atom. The minimum atomic E-state index is -0.264. The predicted molar refractivity (Wildman–Crippen MR) is 69.3 cm³/mol. The van der Waals surface area contributed by atoms with Gasteiger partial charge in [-0.15, -0.1) is 0 Å². The Bertz CT molecular complexity index is 281. The van der Waals surface area contributed by atoms with E-state index < -0.39 is 0 Å². The molecule has 1 aliphatic rings. The third kappa shape index (κ3) is 4.55. The summed E-state index contributed by atoms with van der Waals surface area (Å²) in [5.41, 5.74) is 0. The van der Waals surface area contributed by atoms with Crippen molar-refractivity contribution < 1.29 is 14.3 Å². The van der Waals surface area contributed by atoms with Crippen LogP contribution >= 0.6 is 0 Å². The van der Waals surface area contributed by atoms with Crippen molar-refractivity contribution in [2.45, 2.75) is 39.5 Å². The first-order chi connectivity index (χ1) is 8.69. The fourth-order valence-electron chi connectivity index (χ4n) is 2.05. The van der Waals surface area contributed by atoms with E-state index in [1.165, 1.54) is 0 Å². The quantitative estimate of drug-likeness (QED) is 0.771. The summed E-state index contributed by atoms with van der Waals surface area (Å²) in [6.07, 6.45) is 3.17. The van der Waals surface area contributed by atoms with Gasteiger partial charge in [0.15, 0.2) is 0 Å². The van der Waals surface area contributed by atoms with Crippen molar-refractivity contribution in [3.8, 4) is 0 Å². The number of rotatable bonds is 4. The van der Waals surface area contributed by atoms with E-state index in [9.17, 15) is 9.59 Å². The Morgan fingerprint density at radius 3 is 2.39 bits per heavy atom. The fraction of sp³-hybridized carbons (Fsp3) is 0.846. The van der Waals surface area contributed by atoms with Gasteiger partial charge in [-0.1, -0.05) is 13.3 Å². The van der Waals surface area contributed by atoms with E-state index in [1.54, 1.807) is 11.8 Å². The molecule has 5 nitrogen and oxygen atoms in total. The van der Waals surface area contributed by atoms with Gasteiger partial charge < -0.3 is 14.5 Å². The van der Waals surface area contributed by atoms with Crippen LogP contribution < -0.4 is 0 Å². The molecule has 1 saturated heterocycles. The first-order valence-electron chi connectivity index (χ1n) is 6.88. The Kier molecular flexibility index (Phi) is 6.54. The highest BCUT2D eigenvalue weighted by atomic mass is 16.6. The lowest BCUT2D eigenvalue weighted by molar-refractivity contribution is -0.131. The maximum atomic E-state index is 11.9. The summed E-state index contributed by atoms with van der Waals surface area (Å²) in [5, 5.41) is 0. The number of nitrogens with zero attached hydrogens (tertiary/aromatic N) is 2. The average molecular weight is 256 g/mol. The van der Waals surface area contributed by atoms with Crippen LogP contribution in [0.5, 0.6) is 0 Å². The fourth-order valence-corrected chi connectivity index (χ4v) is 2.05. The molecule has 1 heterocycles. The molecule has 0 aliphatic carbocycles. The monoisotopic (exact) mass is 256 g/mol. The Labute approximate surface area is 109 Å². The van der Waals surface area contributed by atoms with Crippen molar-refractivity contribution >= 4 is 12.0 Å². The third-order valence-corrected chi connectivity index (χ3v) is 3.12. The van der Waals surface area contributed by atoms with Crippen LogP contribution in [-0.2, 0) is 9.53 Å². The largest absolute Gasteiger partial charge is 0.450 e. The maximum absolute atomic E-state index is 11.9. The van der Waals surface area contributed by atoms with E-state index in [0.29, 0.717) is 32.7 Å². The van der Waals surface area contributed by atoms with Crippen molar-refractivity contribution in [3.63, 3.8) is 0 Å². The number of amides is 2. The van der Waals surface area contributed by atoms with Crippen LogP contribution in [0.4, 0.5) is 4.79 Å². The van der Waals surface area contributed by atoms with Gasteiger partial charge in [-0.05, 0) is 19.8 Å². The maximum Gasteiger partial charge on any atom is 0.409 e. The molecule has 1 aliphatic heterocycles. The zero-order chi connectivity index (χ0) is 13.4. The van der Waals surface area contributed by atoms with Crippen molar-refractivity contribution in [3.05, 3.63) is 0 Å². The van der Waals surface area contributed by atoms with Crippen molar-refractivity contribution in [2.24, 2.45) is 0 Å². The lowest BCUT2D eigenvalue weighted by atomic mass is 10.2. The van der Waals surface area contributed by atoms with Gasteiger partial charge in [-0.2, -0.15) is 0 Å². The Hall–Kier alpha value is -1.26. The molecular formula is C13H24N2O3. The number of hydrogen-bond donors (Lipinski definition) is 0. The summed E-state index contributed by atoms with van der Waals surface area (Å²) in [6, 6.07) is 0. The number of unbranched alkanes of at least 4 members (excludes halogenated alkanes) is 1. The number of carbonyl (C=O) groups is 2. The van der Waals surface area contributed by atoms with Gasteiger partial charge >= 0.3 is 6.09 Å². The standard InChI is InChI=1S/C13H24N2O3/c1-3-5-7-12(16)14-8-6-9-15(11-10-14)13(17)18-4-2/h3-11H2,1-2H3. The average Bonchev–Trinajstić information content (AvgIpc) is 2.62. The molecule has 0 radical (unpaired) electrons. The number of hydrogen-bond acceptors (Lipinski definition) is 3. The van der Waals surface area contributed by atoms with Gasteiger partial charge in [0.1, 0.15) is 0 Å². The molecule has 0 unspecified atom stereocenters. The van der Waals surface area contributed by atoms with Crippen LogP contribution in [0.1, 0.15) is 39.5 Å². The lowest BCUT2D eigenvalue weighted by Crippen LogP contribution is -2.37. The Balaban J connectivity index is 2.40. The van der Waals surface area contributed by atoms with E-state index in [2.05, 4.69) is 6.92 Å². The summed E-state index contributed by atoms with van der Waals surface area (Å²) in [7, 11) is 0. The second kappa shape index (κ2) is 7.95. The smallest absolute Gasteiger partial charge is 0.409 e. The van der Waals surface area contributed by atoms with Gasteiger partial charge in [0.05, 0.1) is 6.61 Å². The summed E-state index contributed by atoms with van der Waals surface area (Å²) >= 11 is 0. The van der Waals surface area contributed by atoms with E-state index in [1.807, 2.05) is 4.90 Å². The first kappa shape index (κ1) is 14.8. The molecule has 0 aromatic heterocycles. The van der Waals surface area contributed by atoms with E-state index in [4.69, 9.17) is 4.74 Å². The summed E-state index contributed by atoms with van der Waals surface area (Å²) in [4.78, 5) is 27.1. The molecule has 0 aromatic rings. The topological polar surface area (TPSA) is 49.9 Å². The normalized spacial score (nSPS) is 16.3. The van der Waals surface area contributed by atoms with Crippen LogP contribution in [0.2, 0.25) is 0 Å². The molecule has 18 heavy (non-hydrogen) atoms. The van der Waals surface area contributed by atoms with Gasteiger partial charge in [-0.25, -0.2) is 4.79 Å². The Morgan fingerprint density at radius 2 is 1.72 bits per heavy atom. The van der Waals surface area contributed by atoms with Crippen LogP contribution in [0.25, 0.3) is 0 Å². The minimum absolute atomic E-state index is 0.211. The van der Waals surface area contributed by atoms with E-state index in [0.717, 1.165) is 25.8 Å². The molecule has 0 aromatic carbocycles. The molecular weight excluding hydrogens is 232 g/mol. The minimum Gasteiger partial charge on any atom is -0.450 e.